The van der Waals surface area contributed by atoms with Gasteiger partial charge >= 0.3 is 0 Å². The zero-order valence-electron chi connectivity index (χ0n) is 29.6. The standard InChI is InChI=1S/C38H44BrN3O8S/c1-7-26(2)40-38(44)33(21-27-11-9-8-10-12-27)41(24-28-13-15-29(39)16-14-28)37(43)25-42(32-22-30(47-3)17-19-34(32)48-4)51(45,46)31-18-20-35(49-5)36(23-31)50-6/h8-20,22-23,26,33H,7,21,24-25H2,1-6H3,(H,40,44)/t26-,33+/m1/s1. The lowest BCUT2D eigenvalue weighted by atomic mass is 10.0. The zero-order chi connectivity index (χ0) is 37.1. The Morgan fingerprint density at radius 3 is 2.04 bits per heavy atom. The number of anilines is 1. The molecule has 0 bridgehead atoms. The number of nitrogens with one attached hydrogen (secondary N) is 1. The molecule has 51 heavy (non-hydrogen) atoms. The number of nitrogens with zero attached hydrogens (tertiary/aromatic N) is 2. The minimum atomic E-state index is -4.50. The van der Waals surface area contributed by atoms with E-state index < -0.39 is 28.5 Å². The van der Waals surface area contributed by atoms with Crippen molar-refractivity contribution in [2.75, 3.05) is 39.3 Å². The number of ether oxygens (including phenoxy) is 4. The van der Waals surface area contributed by atoms with Gasteiger partial charge in [-0.25, -0.2) is 8.42 Å². The van der Waals surface area contributed by atoms with Crippen molar-refractivity contribution in [2.45, 2.75) is 50.2 Å². The second kappa shape index (κ2) is 18.0. The Bertz CT molecular complexity index is 1890. The van der Waals surface area contributed by atoms with Crippen LogP contribution in [0.5, 0.6) is 23.0 Å². The first kappa shape index (κ1) is 39.0. The highest BCUT2D eigenvalue weighted by molar-refractivity contribution is 9.10. The van der Waals surface area contributed by atoms with Crippen LogP contribution in [0.4, 0.5) is 5.69 Å². The van der Waals surface area contributed by atoms with Gasteiger partial charge in [-0.2, -0.15) is 0 Å². The number of benzene rings is 4. The lowest BCUT2D eigenvalue weighted by molar-refractivity contribution is -0.140. The summed E-state index contributed by atoms with van der Waals surface area (Å²) in [5, 5.41) is 3.04. The smallest absolute Gasteiger partial charge is 0.265 e. The molecular formula is C38H44BrN3O8S. The van der Waals surface area contributed by atoms with E-state index in [0.717, 1.165) is 19.9 Å². The first-order valence-corrected chi connectivity index (χ1v) is 18.5. The number of amides is 2. The number of halogens is 1. The van der Waals surface area contributed by atoms with E-state index in [1.165, 1.54) is 57.6 Å². The molecule has 0 heterocycles. The molecule has 0 aliphatic carbocycles. The Morgan fingerprint density at radius 2 is 1.43 bits per heavy atom. The van der Waals surface area contributed by atoms with Crippen LogP contribution in [0.1, 0.15) is 31.4 Å². The number of hydrogen-bond acceptors (Lipinski definition) is 8. The highest BCUT2D eigenvalue weighted by Gasteiger charge is 2.36. The molecule has 0 spiro atoms. The molecule has 0 fully saturated rings. The molecule has 11 nitrogen and oxygen atoms in total. The number of sulfonamides is 1. The number of rotatable bonds is 17. The molecule has 2 amide bonds. The molecule has 0 saturated carbocycles. The minimum absolute atomic E-state index is 0.0248. The van der Waals surface area contributed by atoms with Crippen molar-refractivity contribution in [1.82, 2.24) is 10.2 Å². The number of carbonyl (C=O) groups excluding carboxylic acids is 2. The van der Waals surface area contributed by atoms with Crippen LogP contribution in [0, 0.1) is 0 Å². The highest BCUT2D eigenvalue weighted by Crippen LogP contribution is 2.38. The Morgan fingerprint density at radius 1 is 0.784 bits per heavy atom. The molecule has 1 N–H and O–H groups in total. The van der Waals surface area contributed by atoms with Gasteiger partial charge in [0.1, 0.15) is 24.1 Å². The van der Waals surface area contributed by atoms with Crippen molar-refractivity contribution in [3.8, 4) is 23.0 Å². The molecule has 0 saturated heterocycles. The predicted molar refractivity (Wildman–Crippen MR) is 200 cm³/mol. The summed E-state index contributed by atoms with van der Waals surface area (Å²) in [5.41, 5.74) is 1.64. The van der Waals surface area contributed by atoms with E-state index in [4.69, 9.17) is 18.9 Å². The van der Waals surface area contributed by atoms with E-state index in [2.05, 4.69) is 21.2 Å². The summed E-state index contributed by atoms with van der Waals surface area (Å²) in [4.78, 5) is 30.2. The molecule has 2 atom stereocenters. The maximum atomic E-state index is 14.9. The maximum Gasteiger partial charge on any atom is 0.265 e. The molecule has 272 valence electrons. The largest absolute Gasteiger partial charge is 0.497 e. The van der Waals surface area contributed by atoms with Gasteiger partial charge in [-0.15, -0.1) is 0 Å². The van der Waals surface area contributed by atoms with Gasteiger partial charge < -0.3 is 29.2 Å². The van der Waals surface area contributed by atoms with Crippen LogP contribution in [0.2, 0.25) is 0 Å². The third-order valence-corrected chi connectivity index (χ3v) is 10.7. The minimum Gasteiger partial charge on any atom is -0.497 e. The average Bonchev–Trinajstić information content (AvgIpc) is 3.15. The van der Waals surface area contributed by atoms with Crippen molar-refractivity contribution in [3.05, 3.63) is 107 Å². The Balaban J connectivity index is 1.90. The topological polar surface area (TPSA) is 124 Å². The summed E-state index contributed by atoms with van der Waals surface area (Å²) in [6.07, 6.45) is 0.869. The van der Waals surface area contributed by atoms with Gasteiger partial charge in [-0.3, -0.25) is 13.9 Å². The van der Waals surface area contributed by atoms with Crippen LogP contribution < -0.4 is 28.6 Å². The number of hydrogen-bond donors (Lipinski definition) is 1. The number of carbonyl (C=O) groups is 2. The Kier molecular flexibility index (Phi) is 13.7. The normalized spacial score (nSPS) is 12.3. The van der Waals surface area contributed by atoms with Gasteiger partial charge in [0.05, 0.1) is 39.0 Å². The number of methoxy groups -OCH3 is 4. The van der Waals surface area contributed by atoms with Gasteiger partial charge in [0.25, 0.3) is 10.0 Å². The van der Waals surface area contributed by atoms with Crippen LogP contribution in [-0.2, 0) is 32.6 Å². The first-order chi connectivity index (χ1) is 24.4. The van der Waals surface area contributed by atoms with Gasteiger partial charge in [-0.1, -0.05) is 65.3 Å². The molecule has 4 aromatic carbocycles. The third-order valence-electron chi connectivity index (χ3n) is 8.41. The monoisotopic (exact) mass is 781 g/mol. The van der Waals surface area contributed by atoms with Gasteiger partial charge in [-0.05, 0) is 60.9 Å². The average molecular weight is 783 g/mol. The van der Waals surface area contributed by atoms with E-state index in [1.54, 1.807) is 12.1 Å². The summed E-state index contributed by atoms with van der Waals surface area (Å²) in [7, 11) is 1.21. The summed E-state index contributed by atoms with van der Waals surface area (Å²) >= 11 is 3.46. The molecule has 0 unspecified atom stereocenters. The van der Waals surface area contributed by atoms with Gasteiger partial charge in [0.2, 0.25) is 11.8 Å². The fourth-order valence-electron chi connectivity index (χ4n) is 5.39. The van der Waals surface area contributed by atoms with Crippen LogP contribution in [0.15, 0.2) is 100 Å². The highest BCUT2D eigenvalue weighted by atomic mass is 79.9. The van der Waals surface area contributed by atoms with Crippen molar-refractivity contribution >= 4 is 43.5 Å². The predicted octanol–water partition coefficient (Wildman–Crippen LogP) is 6.23. The molecule has 4 aromatic rings. The summed E-state index contributed by atoms with van der Waals surface area (Å²) in [6, 6.07) is 24.5. The zero-order valence-corrected chi connectivity index (χ0v) is 32.0. The van der Waals surface area contributed by atoms with E-state index in [0.29, 0.717) is 17.9 Å². The summed E-state index contributed by atoms with van der Waals surface area (Å²) in [5.74, 6) is 0.0626. The van der Waals surface area contributed by atoms with Gasteiger partial charge in [0.15, 0.2) is 11.5 Å². The van der Waals surface area contributed by atoms with Gasteiger partial charge in [0, 0.05) is 35.6 Å². The van der Waals surface area contributed by atoms with Crippen LogP contribution in [0.25, 0.3) is 0 Å². The molecule has 13 heteroatoms. The molecule has 0 aromatic heterocycles. The Labute approximate surface area is 308 Å². The van der Waals surface area contributed by atoms with Crippen LogP contribution in [-0.4, -0.2) is 72.2 Å². The second-order valence-corrected chi connectivity index (χ2v) is 14.5. The SMILES string of the molecule is CC[C@@H](C)NC(=O)[C@H](Cc1ccccc1)N(Cc1ccc(Br)cc1)C(=O)CN(c1cc(OC)ccc1OC)S(=O)(=O)c1ccc(OC)c(OC)c1. The molecular weight excluding hydrogens is 738 g/mol. The second-order valence-electron chi connectivity index (χ2n) is 11.7. The van der Waals surface area contributed by atoms with Crippen molar-refractivity contribution in [1.29, 1.82) is 0 Å². The first-order valence-electron chi connectivity index (χ1n) is 16.3. The van der Waals surface area contributed by atoms with E-state index in [9.17, 15) is 18.0 Å². The lowest BCUT2D eigenvalue weighted by Crippen LogP contribution is -2.54. The summed E-state index contributed by atoms with van der Waals surface area (Å²) < 4.78 is 53.0. The quantitative estimate of drug-likeness (QED) is 0.134. The van der Waals surface area contributed by atoms with Crippen molar-refractivity contribution in [3.63, 3.8) is 0 Å². The van der Waals surface area contributed by atoms with Crippen molar-refractivity contribution in [2.24, 2.45) is 0 Å². The molecule has 0 radical (unpaired) electrons. The maximum absolute atomic E-state index is 14.9. The summed E-state index contributed by atoms with van der Waals surface area (Å²) in [6.45, 7) is 3.20. The van der Waals surface area contributed by atoms with Crippen LogP contribution >= 0.6 is 15.9 Å². The fraction of sp³-hybridized carbons (Fsp3) is 0.316. The van der Waals surface area contributed by atoms with Crippen molar-refractivity contribution < 1.29 is 37.0 Å². The van der Waals surface area contributed by atoms with E-state index in [-0.39, 0.29) is 47.0 Å². The molecule has 0 aliphatic heterocycles. The van der Waals surface area contributed by atoms with Crippen LogP contribution in [0.3, 0.4) is 0 Å². The lowest BCUT2D eigenvalue weighted by Gasteiger charge is -2.34. The van der Waals surface area contributed by atoms with E-state index in [1.807, 2.05) is 68.4 Å². The fourth-order valence-corrected chi connectivity index (χ4v) is 7.09. The molecule has 4 rings (SSSR count). The van der Waals surface area contributed by atoms with E-state index >= 15 is 0 Å². The Hall–Kier alpha value is -4.75. The third kappa shape index (κ3) is 9.73. The molecule has 0 aliphatic rings.